The van der Waals surface area contributed by atoms with Crippen LogP contribution in [0.25, 0.3) is 0 Å². The van der Waals surface area contributed by atoms with E-state index < -0.39 is 11.1 Å². The number of nitrogens with two attached hydrogens (primary N) is 1. The van der Waals surface area contributed by atoms with E-state index in [2.05, 4.69) is 6.92 Å². The van der Waals surface area contributed by atoms with Gasteiger partial charge in [0, 0.05) is 0 Å². The summed E-state index contributed by atoms with van der Waals surface area (Å²) in [6, 6.07) is 0. The van der Waals surface area contributed by atoms with Crippen molar-refractivity contribution in [2.75, 3.05) is 0 Å². The van der Waals surface area contributed by atoms with Gasteiger partial charge in [0.2, 0.25) is 0 Å². The Bertz CT molecular complexity index is 270. The highest BCUT2D eigenvalue weighted by atomic mass is 16.6. The van der Waals surface area contributed by atoms with E-state index in [1.54, 1.807) is 0 Å². The van der Waals surface area contributed by atoms with Crippen LogP contribution in [0.4, 0.5) is 0 Å². The van der Waals surface area contributed by atoms with Crippen molar-refractivity contribution in [1.29, 1.82) is 0 Å². The SMILES string of the molecule is CCC1CCCC(N)(C(=O)OC(C)(C)C)CC1. The summed E-state index contributed by atoms with van der Waals surface area (Å²) in [5, 5.41) is 0. The maximum atomic E-state index is 12.1. The monoisotopic (exact) mass is 241 g/mol. The molecule has 1 aliphatic carbocycles. The van der Waals surface area contributed by atoms with Crippen LogP contribution in [0.15, 0.2) is 0 Å². The molecule has 0 heterocycles. The molecule has 1 rings (SSSR count). The predicted octanol–water partition coefficient (Wildman–Crippen LogP) is 3.02. The summed E-state index contributed by atoms with van der Waals surface area (Å²) in [5.74, 6) is 0.504. The van der Waals surface area contributed by atoms with Crippen molar-refractivity contribution in [2.24, 2.45) is 11.7 Å². The Morgan fingerprint density at radius 1 is 1.35 bits per heavy atom. The summed E-state index contributed by atoms with van der Waals surface area (Å²) in [6.45, 7) is 7.88. The summed E-state index contributed by atoms with van der Waals surface area (Å²) in [7, 11) is 0. The highest BCUT2D eigenvalue weighted by molar-refractivity contribution is 5.80. The van der Waals surface area contributed by atoms with Gasteiger partial charge in [0.15, 0.2) is 0 Å². The fraction of sp³-hybridized carbons (Fsp3) is 0.929. The molecule has 17 heavy (non-hydrogen) atoms. The molecule has 0 aromatic heterocycles. The van der Waals surface area contributed by atoms with Gasteiger partial charge < -0.3 is 10.5 Å². The van der Waals surface area contributed by atoms with Gasteiger partial charge in [-0.2, -0.15) is 0 Å². The fourth-order valence-corrected chi connectivity index (χ4v) is 2.43. The van der Waals surface area contributed by atoms with Crippen LogP contribution in [-0.2, 0) is 9.53 Å². The second-order valence-electron chi connectivity index (χ2n) is 6.36. The molecule has 0 aromatic rings. The molecule has 2 unspecified atom stereocenters. The molecular weight excluding hydrogens is 214 g/mol. The predicted molar refractivity (Wildman–Crippen MR) is 69.6 cm³/mol. The Hall–Kier alpha value is -0.570. The maximum Gasteiger partial charge on any atom is 0.326 e. The first kappa shape index (κ1) is 14.5. The first-order chi connectivity index (χ1) is 7.77. The molecule has 0 radical (unpaired) electrons. The molecule has 0 saturated heterocycles. The van der Waals surface area contributed by atoms with E-state index in [9.17, 15) is 4.79 Å². The lowest BCUT2D eigenvalue weighted by Crippen LogP contribution is -2.50. The molecule has 1 fully saturated rings. The van der Waals surface area contributed by atoms with Gasteiger partial charge in [-0.15, -0.1) is 0 Å². The number of esters is 1. The van der Waals surface area contributed by atoms with Crippen LogP contribution in [0.5, 0.6) is 0 Å². The topological polar surface area (TPSA) is 52.3 Å². The smallest absolute Gasteiger partial charge is 0.326 e. The Morgan fingerprint density at radius 3 is 2.53 bits per heavy atom. The van der Waals surface area contributed by atoms with Crippen molar-refractivity contribution in [3.05, 3.63) is 0 Å². The van der Waals surface area contributed by atoms with Crippen molar-refractivity contribution < 1.29 is 9.53 Å². The van der Waals surface area contributed by atoms with Gasteiger partial charge in [-0.3, -0.25) is 4.79 Å². The van der Waals surface area contributed by atoms with E-state index in [0.717, 1.165) is 31.6 Å². The molecule has 0 aromatic carbocycles. The van der Waals surface area contributed by atoms with Crippen LogP contribution in [0.2, 0.25) is 0 Å². The van der Waals surface area contributed by atoms with Crippen LogP contribution < -0.4 is 5.73 Å². The maximum absolute atomic E-state index is 12.1. The molecule has 2 N–H and O–H groups in total. The van der Waals surface area contributed by atoms with E-state index in [4.69, 9.17) is 10.5 Å². The van der Waals surface area contributed by atoms with Crippen molar-refractivity contribution in [3.8, 4) is 0 Å². The highest BCUT2D eigenvalue weighted by Crippen LogP contribution is 2.32. The van der Waals surface area contributed by atoms with E-state index in [1.165, 1.54) is 12.8 Å². The van der Waals surface area contributed by atoms with Crippen LogP contribution in [0, 0.1) is 5.92 Å². The molecule has 0 amide bonds. The third-order valence-electron chi connectivity index (χ3n) is 3.62. The zero-order valence-electron chi connectivity index (χ0n) is 11.7. The van der Waals surface area contributed by atoms with Gasteiger partial charge in [-0.25, -0.2) is 0 Å². The number of hydrogen-bond acceptors (Lipinski definition) is 3. The molecule has 1 aliphatic rings. The van der Waals surface area contributed by atoms with Gasteiger partial charge in [-0.05, 0) is 46.0 Å². The summed E-state index contributed by atoms with van der Waals surface area (Å²) in [6.07, 6.45) is 5.99. The highest BCUT2D eigenvalue weighted by Gasteiger charge is 2.39. The largest absolute Gasteiger partial charge is 0.459 e. The first-order valence-electron chi connectivity index (χ1n) is 6.79. The first-order valence-corrected chi connectivity index (χ1v) is 6.79. The van der Waals surface area contributed by atoms with Crippen LogP contribution >= 0.6 is 0 Å². The summed E-state index contributed by atoms with van der Waals surface area (Å²) < 4.78 is 5.44. The van der Waals surface area contributed by atoms with Crippen molar-refractivity contribution in [1.82, 2.24) is 0 Å². The molecule has 3 heteroatoms. The molecular formula is C14H27NO2. The Balaban J connectivity index is 2.64. The van der Waals surface area contributed by atoms with Crippen molar-refractivity contribution >= 4 is 5.97 Å². The third-order valence-corrected chi connectivity index (χ3v) is 3.62. The van der Waals surface area contributed by atoms with Crippen molar-refractivity contribution in [3.63, 3.8) is 0 Å². The van der Waals surface area contributed by atoms with Crippen LogP contribution in [0.3, 0.4) is 0 Å². The lowest BCUT2D eigenvalue weighted by atomic mass is 9.90. The summed E-state index contributed by atoms with van der Waals surface area (Å²) in [4.78, 5) is 12.1. The van der Waals surface area contributed by atoms with Gasteiger partial charge in [0.1, 0.15) is 11.1 Å². The number of carbonyl (C=O) groups is 1. The minimum Gasteiger partial charge on any atom is -0.459 e. The minimum absolute atomic E-state index is 0.221. The molecule has 2 atom stereocenters. The van der Waals surface area contributed by atoms with Gasteiger partial charge in [0.25, 0.3) is 0 Å². The summed E-state index contributed by atoms with van der Waals surface area (Å²) in [5.41, 5.74) is 5.05. The van der Waals surface area contributed by atoms with Gasteiger partial charge >= 0.3 is 5.97 Å². The van der Waals surface area contributed by atoms with E-state index in [-0.39, 0.29) is 5.97 Å². The van der Waals surface area contributed by atoms with E-state index >= 15 is 0 Å². The molecule has 0 bridgehead atoms. The normalized spacial score (nSPS) is 30.8. The third kappa shape index (κ3) is 4.30. The lowest BCUT2D eigenvalue weighted by molar-refractivity contribution is -0.162. The zero-order chi connectivity index (χ0) is 13.1. The molecule has 1 saturated carbocycles. The van der Waals surface area contributed by atoms with E-state index in [1.807, 2.05) is 20.8 Å². The standard InChI is InChI=1S/C14H27NO2/c1-5-11-7-6-9-14(15,10-8-11)12(16)17-13(2,3)4/h11H,5-10,15H2,1-4H3. The fourth-order valence-electron chi connectivity index (χ4n) is 2.43. The molecule has 100 valence electrons. The second-order valence-corrected chi connectivity index (χ2v) is 6.36. The quantitative estimate of drug-likeness (QED) is 0.597. The Morgan fingerprint density at radius 2 is 2.00 bits per heavy atom. The number of hydrogen-bond donors (Lipinski definition) is 1. The average Bonchev–Trinajstić information content (AvgIpc) is 2.38. The van der Waals surface area contributed by atoms with E-state index in [0.29, 0.717) is 0 Å². The van der Waals surface area contributed by atoms with Crippen LogP contribution in [0.1, 0.15) is 66.2 Å². The second kappa shape index (κ2) is 5.38. The minimum atomic E-state index is -0.753. The molecule has 0 spiro atoms. The van der Waals surface area contributed by atoms with Gasteiger partial charge in [-0.1, -0.05) is 26.2 Å². The molecule has 0 aliphatic heterocycles. The van der Waals surface area contributed by atoms with Crippen LogP contribution in [-0.4, -0.2) is 17.1 Å². The average molecular weight is 241 g/mol. The van der Waals surface area contributed by atoms with Crippen molar-refractivity contribution in [2.45, 2.75) is 77.4 Å². The number of carbonyl (C=O) groups excluding carboxylic acids is 1. The zero-order valence-corrected chi connectivity index (χ0v) is 11.7. The Labute approximate surface area is 105 Å². The van der Waals surface area contributed by atoms with Gasteiger partial charge in [0.05, 0.1) is 0 Å². The number of ether oxygens (including phenoxy) is 1. The number of rotatable bonds is 2. The lowest BCUT2D eigenvalue weighted by Gasteiger charge is -2.30. The molecule has 3 nitrogen and oxygen atoms in total. The Kier molecular flexibility index (Phi) is 4.59. The summed E-state index contributed by atoms with van der Waals surface area (Å²) >= 11 is 0.